The van der Waals surface area contributed by atoms with Crippen LogP contribution in [-0.2, 0) is 17.0 Å². The third kappa shape index (κ3) is 3.50. The van der Waals surface area contributed by atoms with E-state index in [0.717, 1.165) is 47.0 Å². The molecule has 144 valence electrons. The zero-order valence-electron chi connectivity index (χ0n) is 15.3. The Morgan fingerprint density at radius 3 is 2.82 bits per heavy atom. The molecule has 5 heterocycles. The third-order valence-corrected chi connectivity index (χ3v) is 5.65. The number of ether oxygens (including phenoxy) is 1. The van der Waals surface area contributed by atoms with Crippen LogP contribution >= 0.6 is 11.8 Å². The quantitative estimate of drug-likeness (QED) is 0.464. The number of thioether (sulfide) groups is 1. The van der Waals surface area contributed by atoms with Crippen LogP contribution in [0, 0.1) is 0 Å². The molecule has 0 bridgehead atoms. The van der Waals surface area contributed by atoms with Gasteiger partial charge in [0.25, 0.3) is 0 Å². The fourth-order valence-electron chi connectivity index (χ4n) is 3.28. The van der Waals surface area contributed by atoms with E-state index in [9.17, 15) is 0 Å². The van der Waals surface area contributed by atoms with Gasteiger partial charge in [0.05, 0.1) is 31.7 Å². The van der Waals surface area contributed by atoms with Crippen molar-refractivity contribution in [2.75, 3.05) is 31.2 Å². The summed E-state index contributed by atoms with van der Waals surface area (Å²) in [5.74, 6) is 2.46. The second-order valence-electron chi connectivity index (χ2n) is 6.53. The monoisotopic (exact) mass is 396 g/mol. The smallest absolute Gasteiger partial charge is 0.228 e. The average molecular weight is 396 g/mol. The number of rotatable bonds is 6. The molecule has 1 aliphatic heterocycles. The first-order chi connectivity index (χ1) is 13.9. The largest absolute Gasteiger partial charge is 0.467 e. The molecule has 0 aromatic carbocycles. The molecule has 8 nitrogen and oxygen atoms in total. The van der Waals surface area contributed by atoms with Gasteiger partial charge in [0.2, 0.25) is 5.95 Å². The number of anilines is 1. The molecule has 0 atom stereocenters. The van der Waals surface area contributed by atoms with E-state index in [2.05, 4.69) is 30.8 Å². The highest BCUT2D eigenvalue weighted by molar-refractivity contribution is 7.98. The molecule has 4 aromatic rings. The van der Waals surface area contributed by atoms with Crippen molar-refractivity contribution in [3.8, 4) is 0 Å². The van der Waals surface area contributed by atoms with Gasteiger partial charge in [0.15, 0.2) is 5.16 Å². The van der Waals surface area contributed by atoms with Gasteiger partial charge in [-0.15, -0.1) is 10.2 Å². The number of pyridine rings is 1. The van der Waals surface area contributed by atoms with Crippen LogP contribution < -0.4 is 4.90 Å². The summed E-state index contributed by atoms with van der Waals surface area (Å²) >= 11 is 1.64. The van der Waals surface area contributed by atoms with Gasteiger partial charge in [0, 0.05) is 31.2 Å². The summed E-state index contributed by atoms with van der Waals surface area (Å²) in [6.07, 6.45) is 5.75. The van der Waals surface area contributed by atoms with Crippen molar-refractivity contribution in [2.45, 2.75) is 17.5 Å². The molecular formula is C19H20N6O2S. The maximum Gasteiger partial charge on any atom is 0.228 e. The fourth-order valence-corrected chi connectivity index (χ4v) is 4.09. The van der Waals surface area contributed by atoms with E-state index in [1.807, 2.05) is 40.9 Å². The van der Waals surface area contributed by atoms with Crippen molar-refractivity contribution < 1.29 is 9.15 Å². The molecule has 28 heavy (non-hydrogen) atoms. The van der Waals surface area contributed by atoms with Gasteiger partial charge < -0.3 is 18.5 Å². The predicted octanol–water partition coefficient (Wildman–Crippen LogP) is 2.70. The Bertz CT molecular complexity index is 1020. The van der Waals surface area contributed by atoms with Crippen molar-refractivity contribution in [2.24, 2.45) is 0 Å². The third-order valence-electron chi connectivity index (χ3n) is 4.65. The zero-order chi connectivity index (χ0) is 18.8. The lowest BCUT2D eigenvalue weighted by molar-refractivity contribution is 0.121. The van der Waals surface area contributed by atoms with Crippen LogP contribution in [0.1, 0.15) is 11.5 Å². The topological polar surface area (TPSA) is 73.6 Å². The molecule has 0 spiro atoms. The van der Waals surface area contributed by atoms with Gasteiger partial charge in [-0.2, -0.15) is 0 Å². The zero-order valence-corrected chi connectivity index (χ0v) is 16.1. The van der Waals surface area contributed by atoms with E-state index >= 15 is 0 Å². The Balaban J connectivity index is 1.40. The SMILES string of the molecule is c1coc(Cn2c(SCc3cn4ccccc4n3)nnc2N2CCOCC2)c1. The number of hydrogen-bond donors (Lipinski definition) is 0. The Morgan fingerprint density at radius 1 is 1.07 bits per heavy atom. The van der Waals surface area contributed by atoms with E-state index in [1.165, 1.54) is 0 Å². The first kappa shape index (κ1) is 17.3. The van der Waals surface area contributed by atoms with Gasteiger partial charge in [-0.25, -0.2) is 4.98 Å². The minimum Gasteiger partial charge on any atom is -0.467 e. The Hall–Kier alpha value is -2.78. The average Bonchev–Trinajstić information content (AvgIpc) is 3.47. The van der Waals surface area contributed by atoms with Crippen LogP contribution in [0.4, 0.5) is 5.95 Å². The second-order valence-corrected chi connectivity index (χ2v) is 7.48. The number of fused-ring (bicyclic) bond motifs is 1. The standard InChI is InChI=1S/C19H20N6O2S/c1-2-6-24-12-15(20-17(24)5-1)14-28-19-22-21-18(23-7-10-26-11-8-23)25(19)13-16-4-3-9-27-16/h1-6,9,12H,7-8,10-11,13-14H2. The van der Waals surface area contributed by atoms with Crippen molar-refractivity contribution >= 4 is 23.4 Å². The lowest BCUT2D eigenvalue weighted by atomic mass is 10.4. The molecule has 0 radical (unpaired) electrons. The van der Waals surface area contributed by atoms with Gasteiger partial charge in [0.1, 0.15) is 11.4 Å². The summed E-state index contributed by atoms with van der Waals surface area (Å²) in [5.41, 5.74) is 1.96. The lowest BCUT2D eigenvalue weighted by Crippen LogP contribution is -2.38. The van der Waals surface area contributed by atoms with Crippen molar-refractivity contribution in [1.29, 1.82) is 0 Å². The van der Waals surface area contributed by atoms with E-state index in [-0.39, 0.29) is 0 Å². The molecule has 4 aromatic heterocycles. The van der Waals surface area contributed by atoms with Crippen molar-refractivity contribution in [1.82, 2.24) is 24.1 Å². The Morgan fingerprint density at radius 2 is 2.00 bits per heavy atom. The normalized spacial score (nSPS) is 14.8. The van der Waals surface area contributed by atoms with E-state index in [0.29, 0.717) is 19.8 Å². The molecule has 5 rings (SSSR count). The molecule has 0 saturated carbocycles. The maximum atomic E-state index is 5.56. The van der Waals surface area contributed by atoms with E-state index < -0.39 is 0 Å². The molecule has 0 aliphatic carbocycles. The molecule has 9 heteroatoms. The summed E-state index contributed by atoms with van der Waals surface area (Å²) in [6, 6.07) is 9.87. The number of furan rings is 1. The number of morpholine rings is 1. The Labute approximate surface area is 166 Å². The first-order valence-electron chi connectivity index (χ1n) is 9.20. The molecule has 1 fully saturated rings. The van der Waals surface area contributed by atoms with Gasteiger partial charge >= 0.3 is 0 Å². The summed E-state index contributed by atoms with van der Waals surface area (Å²) in [6.45, 7) is 3.63. The molecule has 1 saturated heterocycles. The summed E-state index contributed by atoms with van der Waals surface area (Å²) in [7, 11) is 0. The molecule has 0 N–H and O–H groups in total. The fraction of sp³-hybridized carbons (Fsp3) is 0.316. The highest BCUT2D eigenvalue weighted by Crippen LogP contribution is 2.26. The predicted molar refractivity (Wildman–Crippen MR) is 106 cm³/mol. The molecule has 1 aliphatic rings. The van der Waals surface area contributed by atoms with Crippen LogP contribution in [0.3, 0.4) is 0 Å². The van der Waals surface area contributed by atoms with Crippen LogP contribution in [0.15, 0.2) is 58.6 Å². The van der Waals surface area contributed by atoms with Crippen LogP contribution in [0.25, 0.3) is 5.65 Å². The summed E-state index contributed by atoms with van der Waals surface area (Å²) < 4.78 is 15.2. The van der Waals surface area contributed by atoms with Crippen LogP contribution in [0.5, 0.6) is 0 Å². The number of imidazole rings is 1. The number of aromatic nitrogens is 5. The maximum absolute atomic E-state index is 5.56. The minimum atomic E-state index is 0.597. The number of hydrogen-bond acceptors (Lipinski definition) is 7. The van der Waals surface area contributed by atoms with Gasteiger partial charge in [-0.05, 0) is 24.3 Å². The van der Waals surface area contributed by atoms with E-state index in [1.54, 1.807) is 18.0 Å². The highest BCUT2D eigenvalue weighted by Gasteiger charge is 2.21. The second kappa shape index (κ2) is 7.69. The number of nitrogens with zero attached hydrogens (tertiary/aromatic N) is 6. The minimum absolute atomic E-state index is 0.597. The Kier molecular flexibility index (Phi) is 4.76. The lowest BCUT2D eigenvalue weighted by Gasteiger charge is -2.27. The van der Waals surface area contributed by atoms with Gasteiger partial charge in [-0.3, -0.25) is 4.57 Å². The molecule has 0 amide bonds. The molecule has 0 unspecified atom stereocenters. The highest BCUT2D eigenvalue weighted by atomic mass is 32.2. The van der Waals surface area contributed by atoms with Gasteiger partial charge in [-0.1, -0.05) is 17.8 Å². The first-order valence-corrected chi connectivity index (χ1v) is 10.2. The molecular weight excluding hydrogens is 376 g/mol. The van der Waals surface area contributed by atoms with Crippen molar-refractivity contribution in [3.63, 3.8) is 0 Å². The van der Waals surface area contributed by atoms with E-state index in [4.69, 9.17) is 9.15 Å². The summed E-state index contributed by atoms with van der Waals surface area (Å²) in [4.78, 5) is 6.89. The van der Waals surface area contributed by atoms with Crippen molar-refractivity contribution in [3.05, 3.63) is 60.4 Å². The van der Waals surface area contributed by atoms with Crippen LogP contribution in [-0.4, -0.2) is 50.5 Å². The summed E-state index contributed by atoms with van der Waals surface area (Å²) in [5, 5.41) is 9.79. The van der Waals surface area contributed by atoms with Crippen LogP contribution in [0.2, 0.25) is 0 Å².